The number of likely N-dealkylation sites (tertiary alicyclic amines) is 1. The lowest BCUT2D eigenvalue weighted by atomic mass is 9.84. The third-order valence-corrected chi connectivity index (χ3v) is 3.58. The van der Waals surface area contributed by atoms with Crippen LogP contribution in [-0.2, 0) is 4.74 Å². The van der Waals surface area contributed by atoms with Crippen LogP contribution in [0, 0.1) is 0 Å². The molecule has 7 heteroatoms. The van der Waals surface area contributed by atoms with Gasteiger partial charge in [0.05, 0.1) is 19.1 Å². The fourth-order valence-electron chi connectivity index (χ4n) is 1.94. The number of nitrogens with two attached hydrogens (primary N) is 1. The number of β-amino-alcohol motifs (C(OH)–C–C–N with tert-alkyl or cyclic N) is 1. The van der Waals surface area contributed by atoms with Gasteiger partial charge >= 0.3 is 6.09 Å². The number of amides is 1. The first-order valence-electron chi connectivity index (χ1n) is 6.06. The SMILES string of the molecule is CC(C)(C)OC(=O)N1CC(O)(C(N)c2cnsc2)C1. The van der Waals surface area contributed by atoms with Gasteiger partial charge in [0.2, 0.25) is 0 Å². The van der Waals surface area contributed by atoms with E-state index in [1.807, 2.05) is 0 Å². The summed E-state index contributed by atoms with van der Waals surface area (Å²) < 4.78 is 9.19. The van der Waals surface area contributed by atoms with E-state index in [1.54, 1.807) is 32.3 Å². The summed E-state index contributed by atoms with van der Waals surface area (Å²) in [5.74, 6) is 0. The van der Waals surface area contributed by atoms with Crippen molar-refractivity contribution in [3.05, 3.63) is 17.1 Å². The number of hydrogen-bond donors (Lipinski definition) is 2. The second kappa shape index (κ2) is 4.73. The van der Waals surface area contributed by atoms with E-state index in [2.05, 4.69) is 4.37 Å². The zero-order valence-corrected chi connectivity index (χ0v) is 12.1. The van der Waals surface area contributed by atoms with E-state index in [9.17, 15) is 9.90 Å². The van der Waals surface area contributed by atoms with Gasteiger partial charge in [0.25, 0.3) is 0 Å². The second-order valence-electron chi connectivity index (χ2n) is 5.88. The van der Waals surface area contributed by atoms with E-state index >= 15 is 0 Å². The first-order chi connectivity index (χ1) is 8.71. The molecule has 0 aliphatic carbocycles. The molecule has 6 nitrogen and oxygen atoms in total. The van der Waals surface area contributed by atoms with Crippen molar-refractivity contribution in [1.29, 1.82) is 0 Å². The maximum atomic E-state index is 11.8. The molecule has 1 saturated heterocycles. The van der Waals surface area contributed by atoms with Crippen molar-refractivity contribution in [2.24, 2.45) is 5.73 Å². The van der Waals surface area contributed by atoms with Crippen molar-refractivity contribution in [2.75, 3.05) is 13.1 Å². The molecule has 0 spiro atoms. The standard InChI is InChI=1S/C12H19N3O3S/c1-11(2,3)18-10(16)15-6-12(17,7-15)9(13)8-4-14-19-5-8/h4-5,9,17H,6-7,13H2,1-3H3. The Morgan fingerprint density at radius 2 is 2.26 bits per heavy atom. The molecule has 19 heavy (non-hydrogen) atoms. The van der Waals surface area contributed by atoms with Gasteiger partial charge in [-0.05, 0) is 32.3 Å². The minimum Gasteiger partial charge on any atom is -0.444 e. The van der Waals surface area contributed by atoms with Gasteiger partial charge in [-0.1, -0.05) is 0 Å². The Hall–Kier alpha value is -1.18. The summed E-state index contributed by atoms with van der Waals surface area (Å²) in [5, 5.41) is 12.2. The molecule has 1 aliphatic heterocycles. The Bertz CT molecular complexity index is 449. The molecule has 1 aromatic heterocycles. The highest BCUT2D eigenvalue weighted by atomic mass is 32.1. The highest BCUT2D eigenvalue weighted by Gasteiger charge is 2.49. The van der Waals surface area contributed by atoms with E-state index < -0.39 is 23.3 Å². The van der Waals surface area contributed by atoms with Crippen LogP contribution in [0.2, 0.25) is 0 Å². The summed E-state index contributed by atoms with van der Waals surface area (Å²) in [6.07, 6.45) is 1.22. The Balaban J connectivity index is 1.93. The van der Waals surface area contributed by atoms with Crippen LogP contribution in [0.15, 0.2) is 11.6 Å². The van der Waals surface area contributed by atoms with Gasteiger partial charge < -0.3 is 20.5 Å². The molecule has 2 rings (SSSR count). The molecule has 2 heterocycles. The van der Waals surface area contributed by atoms with Crippen LogP contribution < -0.4 is 5.73 Å². The topological polar surface area (TPSA) is 88.7 Å². The highest BCUT2D eigenvalue weighted by molar-refractivity contribution is 7.03. The number of carbonyl (C=O) groups is 1. The Kier molecular flexibility index (Phi) is 3.55. The Morgan fingerprint density at radius 1 is 1.63 bits per heavy atom. The largest absolute Gasteiger partial charge is 0.444 e. The third-order valence-electron chi connectivity index (χ3n) is 2.97. The molecular formula is C12H19N3O3S. The maximum Gasteiger partial charge on any atom is 0.410 e. The van der Waals surface area contributed by atoms with Gasteiger partial charge in [0.15, 0.2) is 0 Å². The molecule has 3 N–H and O–H groups in total. The molecule has 1 amide bonds. The normalized spacial score (nSPS) is 19.7. The zero-order chi connectivity index (χ0) is 14.3. The van der Waals surface area contributed by atoms with Gasteiger partial charge in [0.1, 0.15) is 11.2 Å². The zero-order valence-electron chi connectivity index (χ0n) is 11.3. The van der Waals surface area contributed by atoms with Crippen molar-refractivity contribution in [3.8, 4) is 0 Å². The molecular weight excluding hydrogens is 266 g/mol. The van der Waals surface area contributed by atoms with Crippen LogP contribution in [0.3, 0.4) is 0 Å². The molecule has 106 valence electrons. The minimum absolute atomic E-state index is 0.179. The van der Waals surface area contributed by atoms with Gasteiger partial charge in [-0.15, -0.1) is 0 Å². The molecule has 0 saturated carbocycles. The number of rotatable bonds is 2. The van der Waals surface area contributed by atoms with Crippen molar-refractivity contribution < 1.29 is 14.6 Å². The lowest BCUT2D eigenvalue weighted by molar-refractivity contribution is -0.112. The van der Waals surface area contributed by atoms with Crippen LogP contribution >= 0.6 is 11.5 Å². The maximum absolute atomic E-state index is 11.8. The smallest absolute Gasteiger partial charge is 0.410 e. The average molecular weight is 285 g/mol. The fourth-order valence-corrected chi connectivity index (χ4v) is 2.52. The van der Waals surface area contributed by atoms with Crippen LogP contribution in [0.5, 0.6) is 0 Å². The molecule has 0 radical (unpaired) electrons. The van der Waals surface area contributed by atoms with E-state index in [1.165, 1.54) is 16.4 Å². The first kappa shape index (κ1) is 14.2. The molecule has 1 aromatic rings. The van der Waals surface area contributed by atoms with Crippen LogP contribution in [-0.4, -0.2) is 44.8 Å². The minimum atomic E-state index is -1.10. The number of aromatic nitrogens is 1. The van der Waals surface area contributed by atoms with E-state index in [4.69, 9.17) is 10.5 Å². The van der Waals surface area contributed by atoms with Gasteiger partial charge in [-0.25, -0.2) is 9.17 Å². The number of ether oxygens (including phenoxy) is 1. The quantitative estimate of drug-likeness (QED) is 0.850. The van der Waals surface area contributed by atoms with E-state index in [0.29, 0.717) is 0 Å². The summed E-state index contributed by atoms with van der Waals surface area (Å²) in [6.45, 7) is 5.77. The molecule has 1 unspecified atom stereocenters. The first-order valence-corrected chi connectivity index (χ1v) is 6.90. The Labute approximate surface area is 116 Å². The lowest BCUT2D eigenvalue weighted by Gasteiger charge is -2.49. The van der Waals surface area contributed by atoms with Crippen LogP contribution in [0.25, 0.3) is 0 Å². The molecule has 0 aromatic carbocycles. The third kappa shape index (κ3) is 3.05. The number of hydrogen-bond acceptors (Lipinski definition) is 6. The summed E-state index contributed by atoms with van der Waals surface area (Å²) in [6, 6.07) is -0.537. The average Bonchev–Trinajstić information content (AvgIpc) is 2.74. The summed E-state index contributed by atoms with van der Waals surface area (Å²) >= 11 is 1.29. The Morgan fingerprint density at radius 3 is 2.74 bits per heavy atom. The van der Waals surface area contributed by atoms with Crippen molar-refractivity contribution in [3.63, 3.8) is 0 Å². The van der Waals surface area contributed by atoms with Crippen molar-refractivity contribution in [2.45, 2.75) is 38.0 Å². The summed E-state index contributed by atoms with van der Waals surface area (Å²) in [7, 11) is 0. The van der Waals surface area contributed by atoms with E-state index in [-0.39, 0.29) is 13.1 Å². The molecule has 1 atom stereocenters. The summed E-state index contributed by atoms with van der Waals surface area (Å²) in [4.78, 5) is 13.2. The predicted octanol–water partition coefficient (Wildman–Crippen LogP) is 1.12. The summed E-state index contributed by atoms with van der Waals surface area (Å²) in [5.41, 5.74) is 5.16. The monoisotopic (exact) mass is 285 g/mol. The van der Waals surface area contributed by atoms with Gasteiger partial charge in [0, 0.05) is 17.1 Å². The van der Waals surface area contributed by atoms with Crippen molar-refractivity contribution in [1.82, 2.24) is 9.27 Å². The number of aliphatic hydroxyl groups is 1. The van der Waals surface area contributed by atoms with Gasteiger partial charge in [-0.3, -0.25) is 0 Å². The number of carbonyl (C=O) groups excluding carboxylic acids is 1. The molecule has 0 bridgehead atoms. The van der Waals surface area contributed by atoms with E-state index in [0.717, 1.165) is 5.56 Å². The highest BCUT2D eigenvalue weighted by Crippen LogP contribution is 2.33. The van der Waals surface area contributed by atoms with Gasteiger partial charge in [-0.2, -0.15) is 0 Å². The molecule has 1 fully saturated rings. The fraction of sp³-hybridized carbons (Fsp3) is 0.667. The number of nitrogens with zero attached hydrogens (tertiary/aromatic N) is 2. The second-order valence-corrected chi connectivity index (χ2v) is 6.53. The van der Waals surface area contributed by atoms with Crippen LogP contribution in [0.4, 0.5) is 4.79 Å². The van der Waals surface area contributed by atoms with Crippen LogP contribution in [0.1, 0.15) is 32.4 Å². The lowest BCUT2D eigenvalue weighted by Crippen LogP contribution is -2.68. The predicted molar refractivity (Wildman–Crippen MR) is 71.8 cm³/mol. The van der Waals surface area contributed by atoms with Crippen molar-refractivity contribution >= 4 is 17.6 Å². The molecule has 1 aliphatic rings.